The molecule has 5 nitrogen and oxygen atoms in total. The molecule has 0 bridgehead atoms. The number of fused-ring (bicyclic) bond motifs is 1. The van der Waals surface area contributed by atoms with E-state index in [9.17, 15) is 36.6 Å². The van der Waals surface area contributed by atoms with E-state index in [1.54, 1.807) is 30.3 Å². The molecule has 31 heavy (non-hydrogen) atoms. The van der Waals surface area contributed by atoms with Crippen LogP contribution in [0.2, 0.25) is 0 Å². The zero-order valence-corrected chi connectivity index (χ0v) is 15.7. The van der Waals surface area contributed by atoms with E-state index in [1.165, 1.54) is 24.3 Å². The van der Waals surface area contributed by atoms with Crippen molar-refractivity contribution in [3.05, 3.63) is 76.1 Å². The zero-order valence-electron chi connectivity index (χ0n) is 15.7. The Balaban J connectivity index is 1.97. The highest BCUT2D eigenvalue weighted by Gasteiger charge is 2.58. The molecule has 3 rings (SSSR count). The van der Waals surface area contributed by atoms with Crippen LogP contribution in [0, 0.1) is 0 Å². The van der Waals surface area contributed by atoms with Crippen molar-refractivity contribution in [3.8, 4) is 5.75 Å². The predicted octanol–water partition coefficient (Wildman–Crippen LogP) is 4.76. The molecular weight excluding hydrogens is 427 g/mol. The Bertz CT molecular complexity index is 1140. The lowest BCUT2D eigenvalue weighted by molar-refractivity contribution is -0.294. The molecular formula is C21H15F5O5. The molecule has 1 unspecified atom stereocenters. The van der Waals surface area contributed by atoms with Gasteiger partial charge in [0, 0.05) is 5.92 Å². The van der Waals surface area contributed by atoms with Crippen LogP contribution in [0.1, 0.15) is 23.5 Å². The molecule has 0 aliphatic heterocycles. The number of ether oxygens (including phenoxy) is 1. The van der Waals surface area contributed by atoms with Gasteiger partial charge in [-0.25, -0.2) is 4.79 Å². The summed E-state index contributed by atoms with van der Waals surface area (Å²) in [4.78, 5) is 24.7. The van der Waals surface area contributed by atoms with Crippen LogP contribution in [0.25, 0.3) is 11.0 Å². The van der Waals surface area contributed by atoms with Crippen LogP contribution < -0.4 is 5.63 Å². The Morgan fingerprint density at radius 3 is 2.26 bits per heavy atom. The first-order valence-corrected chi connectivity index (χ1v) is 8.91. The fourth-order valence-electron chi connectivity index (χ4n) is 3.01. The lowest BCUT2D eigenvalue weighted by Crippen LogP contribution is -2.41. The minimum atomic E-state index is -5.89. The highest BCUT2D eigenvalue weighted by Crippen LogP contribution is 2.38. The topological polar surface area (TPSA) is 76.7 Å². The summed E-state index contributed by atoms with van der Waals surface area (Å²) >= 11 is 0. The maximum absolute atomic E-state index is 13.1. The van der Waals surface area contributed by atoms with Crippen molar-refractivity contribution in [2.75, 3.05) is 6.61 Å². The largest absolute Gasteiger partial charge is 0.507 e. The summed E-state index contributed by atoms with van der Waals surface area (Å²) in [5.41, 5.74) is -0.934. The smallest absolute Gasteiger partial charge is 0.456 e. The van der Waals surface area contributed by atoms with E-state index in [-0.39, 0.29) is 16.5 Å². The van der Waals surface area contributed by atoms with Gasteiger partial charge in [0.1, 0.15) is 11.3 Å². The number of rotatable bonds is 6. The minimum absolute atomic E-state index is 0.0768. The van der Waals surface area contributed by atoms with E-state index in [2.05, 4.69) is 4.74 Å². The Kier molecular flexibility index (Phi) is 6.01. The van der Waals surface area contributed by atoms with Gasteiger partial charge in [-0.15, -0.1) is 0 Å². The molecule has 0 fully saturated rings. The third kappa shape index (κ3) is 4.68. The van der Waals surface area contributed by atoms with Crippen molar-refractivity contribution in [3.63, 3.8) is 0 Å². The fourth-order valence-corrected chi connectivity index (χ4v) is 3.01. The summed E-state index contributed by atoms with van der Waals surface area (Å²) in [6.45, 7) is -2.20. The maximum Gasteiger partial charge on any atom is 0.456 e. The van der Waals surface area contributed by atoms with E-state index >= 15 is 0 Å². The second kappa shape index (κ2) is 8.37. The Morgan fingerprint density at radius 2 is 1.61 bits per heavy atom. The van der Waals surface area contributed by atoms with Gasteiger partial charge in [0.2, 0.25) is 0 Å². The van der Waals surface area contributed by atoms with Gasteiger partial charge in [-0.1, -0.05) is 42.5 Å². The highest BCUT2D eigenvalue weighted by atomic mass is 19.4. The number of hydrogen-bond acceptors (Lipinski definition) is 5. The van der Waals surface area contributed by atoms with E-state index in [0.717, 1.165) is 0 Å². The molecule has 0 spiro atoms. The van der Waals surface area contributed by atoms with Crippen molar-refractivity contribution in [1.29, 1.82) is 0 Å². The van der Waals surface area contributed by atoms with Gasteiger partial charge in [0.15, 0.2) is 6.61 Å². The van der Waals surface area contributed by atoms with Crippen LogP contribution in [0.4, 0.5) is 22.0 Å². The van der Waals surface area contributed by atoms with Gasteiger partial charge in [-0.05, 0) is 17.7 Å². The number of hydrogen-bond donors (Lipinski definition) is 1. The first-order chi connectivity index (χ1) is 14.5. The molecule has 0 saturated heterocycles. The van der Waals surface area contributed by atoms with Gasteiger partial charge in [0.25, 0.3) is 0 Å². The Hall–Kier alpha value is -3.43. The number of aromatic hydroxyl groups is 1. The van der Waals surface area contributed by atoms with Crippen LogP contribution in [-0.2, 0) is 9.53 Å². The summed E-state index contributed by atoms with van der Waals surface area (Å²) in [6, 6.07) is 13.8. The van der Waals surface area contributed by atoms with Crippen LogP contribution in [-0.4, -0.2) is 29.8 Å². The lowest BCUT2D eigenvalue weighted by Gasteiger charge is -2.21. The van der Waals surface area contributed by atoms with Crippen molar-refractivity contribution in [2.24, 2.45) is 0 Å². The molecule has 1 atom stereocenters. The SMILES string of the molecule is O=C(CC(c1ccccc1)c1c(O)c2ccccc2oc1=O)OCC(F)(F)C(F)(F)F. The number of halogens is 5. The molecule has 0 aliphatic carbocycles. The molecule has 0 radical (unpaired) electrons. The second-order valence-electron chi connectivity index (χ2n) is 6.68. The Labute approximate surface area is 171 Å². The number of carbonyl (C=O) groups is 1. The number of benzene rings is 2. The van der Waals surface area contributed by atoms with E-state index in [4.69, 9.17) is 4.42 Å². The van der Waals surface area contributed by atoms with Gasteiger partial charge >= 0.3 is 23.7 Å². The van der Waals surface area contributed by atoms with Crippen LogP contribution >= 0.6 is 0 Å². The molecule has 0 aliphatic rings. The van der Waals surface area contributed by atoms with Crippen molar-refractivity contribution < 1.29 is 41.0 Å². The van der Waals surface area contributed by atoms with Gasteiger partial charge < -0.3 is 14.3 Å². The van der Waals surface area contributed by atoms with Crippen LogP contribution in [0.15, 0.2) is 63.8 Å². The number of carbonyl (C=O) groups excluding carboxylic acids is 1. The number of alkyl halides is 5. The summed E-state index contributed by atoms with van der Waals surface area (Å²) in [7, 11) is 0. The standard InChI is InChI=1S/C21H15F5O5/c22-20(23,21(24,25)26)11-30-16(27)10-14(12-6-2-1-3-7-12)17-18(28)13-8-4-5-9-15(13)31-19(17)29/h1-9,14,28H,10-11H2. The number of esters is 1. The van der Waals surface area contributed by atoms with E-state index in [1.807, 2.05) is 0 Å². The summed E-state index contributed by atoms with van der Waals surface area (Å²) in [6.07, 6.45) is -6.67. The van der Waals surface area contributed by atoms with Crippen molar-refractivity contribution in [2.45, 2.75) is 24.4 Å². The highest BCUT2D eigenvalue weighted by molar-refractivity contribution is 5.84. The molecule has 10 heteroatoms. The zero-order chi connectivity index (χ0) is 22.8. The Morgan fingerprint density at radius 1 is 1.00 bits per heavy atom. The minimum Gasteiger partial charge on any atom is -0.507 e. The van der Waals surface area contributed by atoms with E-state index in [0.29, 0.717) is 5.56 Å². The van der Waals surface area contributed by atoms with E-state index < -0.39 is 48.4 Å². The van der Waals surface area contributed by atoms with Gasteiger partial charge in [-0.2, -0.15) is 22.0 Å². The molecule has 3 aromatic rings. The summed E-state index contributed by atoms with van der Waals surface area (Å²) in [5.74, 6) is -8.34. The predicted molar refractivity (Wildman–Crippen MR) is 99.0 cm³/mol. The molecule has 0 saturated carbocycles. The average Bonchev–Trinajstić information content (AvgIpc) is 2.71. The quantitative estimate of drug-likeness (QED) is 0.338. The number of para-hydroxylation sites is 1. The first kappa shape index (κ1) is 22.3. The fraction of sp³-hybridized carbons (Fsp3) is 0.238. The summed E-state index contributed by atoms with van der Waals surface area (Å²) < 4.78 is 72.4. The van der Waals surface area contributed by atoms with Gasteiger partial charge in [-0.3, -0.25) is 4.79 Å². The average molecular weight is 442 g/mol. The molecule has 1 aromatic heterocycles. The summed E-state index contributed by atoms with van der Waals surface area (Å²) in [5, 5.41) is 10.8. The van der Waals surface area contributed by atoms with Crippen molar-refractivity contribution in [1.82, 2.24) is 0 Å². The maximum atomic E-state index is 13.1. The molecule has 1 heterocycles. The molecule has 2 aromatic carbocycles. The molecule has 0 amide bonds. The van der Waals surface area contributed by atoms with Crippen LogP contribution in [0.3, 0.4) is 0 Å². The normalized spacial score (nSPS) is 13.2. The first-order valence-electron chi connectivity index (χ1n) is 8.91. The second-order valence-corrected chi connectivity index (χ2v) is 6.68. The third-order valence-electron chi connectivity index (χ3n) is 4.57. The van der Waals surface area contributed by atoms with Crippen LogP contribution in [0.5, 0.6) is 5.75 Å². The van der Waals surface area contributed by atoms with Crippen molar-refractivity contribution >= 4 is 16.9 Å². The molecule has 164 valence electrons. The molecule has 1 N–H and O–H groups in total. The lowest BCUT2D eigenvalue weighted by atomic mass is 9.88. The van der Waals surface area contributed by atoms with Gasteiger partial charge in [0.05, 0.1) is 17.4 Å². The third-order valence-corrected chi connectivity index (χ3v) is 4.57. The monoisotopic (exact) mass is 442 g/mol.